The maximum atomic E-state index is 6.64. The number of hydrogen-bond donors (Lipinski definition) is 0. The zero-order valence-corrected chi connectivity index (χ0v) is 33.4. The van der Waals surface area contributed by atoms with Crippen LogP contribution in [0.2, 0.25) is 0 Å². The van der Waals surface area contributed by atoms with Crippen molar-refractivity contribution in [3.05, 3.63) is 206 Å². The lowest BCUT2D eigenvalue weighted by molar-refractivity contribution is 0.669. The Kier molecular flexibility index (Phi) is 6.86. The number of furan rings is 2. The summed E-state index contributed by atoms with van der Waals surface area (Å²) < 4.78 is 13.3. The Morgan fingerprint density at radius 1 is 0.194 bits per heavy atom. The average molecular weight is 787 g/mol. The molecule has 1 aliphatic carbocycles. The van der Waals surface area contributed by atoms with Crippen LogP contribution in [0.25, 0.3) is 143 Å². The largest absolute Gasteiger partial charge is 0.455 e. The van der Waals surface area contributed by atoms with Gasteiger partial charge >= 0.3 is 0 Å². The van der Waals surface area contributed by atoms with Gasteiger partial charge in [-0.3, -0.25) is 0 Å². The first-order chi connectivity index (χ1) is 30.7. The van der Waals surface area contributed by atoms with Crippen LogP contribution in [0.4, 0.5) is 0 Å². The van der Waals surface area contributed by atoms with E-state index in [4.69, 9.17) is 8.83 Å². The molecule has 62 heavy (non-hydrogen) atoms. The van der Waals surface area contributed by atoms with Crippen LogP contribution in [0, 0.1) is 0 Å². The normalized spacial score (nSPS) is 12.2. The molecule has 0 spiro atoms. The van der Waals surface area contributed by atoms with Crippen molar-refractivity contribution >= 4 is 76.2 Å². The van der Waals surface area contributed by atoms with E-state index in [1.54, 1.807) is 0 Å². The summed E-state index contributed by atoms with van der Waals surface area (Å²) in [7, 11) is 0. The van der Waals surface area contributed by atoms with E-state index in [1.807, 2.05) is 12.1 Å². The third-order valence-corrected chi connectivity index (χ3v) is 13.4. The molecular formula is C60H34O2. The van der Waals surface area contributed by atoms with Crippen molar-refractivity contribution in [3.8, 4) is 66.8 Å². The lowest BCUT2D eigenvalue weighted by Crippen LogP contribution is -1.99. The van der Waals surface area contributed by atoms with Crippen LogP contribution >= 0.6 is 0 Å². The molecule has 0 saturated heterocycles. The molecule has 0 aliphatic heterocycles. The molecule has 2 aromatic heterocycles. The van der Waals surface area contributed by atoms with Gasteiger partial charge in [0, 0.05) is 32.7 Å². The van der Waals surface area contributed by atoms with Gasteiger partial charge in [-0.25, -0.2) is 0 Å². The van der Waals surface area contributed by atoms with Crippen molar-refractivity contribution in [3.63, 3.8) is 0 Å². The third-order valence-electron chi connectivity index (χ3n) is 13.4. The Morgan fingerprint density at radius 3 is 0.968 bits per heavy atom. The molecular weight excluding hydrogens is 753 g/mol. The summed E-state index contributed by atoms with van der Waals surface area (Å²) in [6.45, 7) is 0. The summed E-state index contributed by atoms with van der Waals surface area (Å²) in [4.78, 5) is 0. The topological polar surface area (TPSA) is 26.3 Å². The average Bonchev–Trinajstić information content (AvgIpc) is 3.92. The predicted octanol–water partition coefficient (Wildman–Crippen LogP) is 17.3. The minimum atomic E-state index is 0.899. The first-order valence-corrected chi connectivity index (χ1v) is 21.3. The fourth-order valence-electron chi connectivity index (χ4n) is 10.6. The highest BCUT2D eigenvalue weighted by molar-refractivity contribution is 6.27. The second-order valence-electron chi connectivity index (χ2n) is 16.7. The van der Waals surface area contributed by atoms with Crippen LogP contribution in [0.1, 0.15) is 0 Å². The number of para-hydroxylation sites is 4. The van der Waals surface area contributed by atoms with Crippen LogP contribution in [-0.2, 0) is 0 Å². The van der Waals surface area contributed by atoms with Gasteiger partial charge in [-0.15, -0.1) is 0 Å². The molecule has 2 nitrogen and oxygen atoms in total. The summed E-state index contributed by atoms with van der Waals surface area (Å²) in [5.74, 6) is 0. The SMILES string of the molecule is c1ccc2c(c1)-c1cc(-c3cccc4c3oc3ccccc34)ccc1-c1cc(-c3cccc4c3oc3ccccc34)ccc1-c1cc3c4ccccc4c4ccccc4c3cc1-2. The van der Waals surface area contributed by atoms with Crippen LogP contribution in [0.15, 0.2) is 215 Å². The molecule has 0 atom stereocenters. The van der Waals surface area contributed by atoms with Crippen molar-refractivity contribution in [1.29, 1.82) is 0 Å². The molecule has 14 rings (SSSR count). The standard InChI is InChI=1S/C60H34O2/c1-3-15-41-39(13-1)40-14-2-4-16-42(40)54-34-56-46-30-28-36(38-22-12-24-50-48-20-8-10-26-58(48)62-60(38)50)32-52(46)45-29-27-35(31-51(45)43-17-5-6-18-44(43)55(56)33-53(41)54)37-21-11-23-49-47-19-7-9-25-57(47)61-59(37)49/h1-34H. The summed E-state index contributed by atoms with van der Waals surface area (Å²) in [6, 6.07) is 75.4. The van der Waals surface area contributed by atoms with Gasteiger partial charge in [-0.1, -0.05) is 170 Å². The van der Waals surface area contributed by atoms with Gasteiger partial charge in [-0.05, 0) is 124 Å². The monoisotopic (exact) mass is 786 g/mol. The smallest absolute Gasteiger partial charge is 0.143 e. The second kappa shape index (κ2) is 12.7. The quantitative estimate of drug-likeness (QED) is 0.163. The molecule has 2 heteroatoms. The zero-order valence-electron chi connectivity index (χ0n) is 33.4. The number of rotatable bonds is 2. The number of fused-ring (bicyclic) bond motifs is 20. The second-order valence-corrected chi connectivity index (χ2v) is 16.7. The first-order valence-electron chi connectivity index (χ1n) is 21.3. The summed E-state index contributed by atoms with van der Waals surface area (Å²) in [6.07, 6.45) is 0. The molecule has 13 aromatic rings. The van der Waals surface area contributed by atoms with Crippen LogP contribution in [-0.4, -0.2) is 0 Å². The van der Waals surface area contributed by atoms with Crippen LogP contribution in [0.3, 0.4) is 0 Å². The van der Waals surface area contributed by atoms with E-state index in [9.17, 15) is 0 Å². The van der Waals surface area contributed by atoms with E-state index in [2.05, 4.69) is 194 Å². The Bertz CT molecular complexity index is 4050. The molecule has 2 heterocycles. The van der Waals surface area contributed by atoms with Gasteiger partial charge < -0.3 is 8.83 Å². The Hall–Kier alpha value is -8.20. The van der Waals surface area contributed by atoms with Gasteiger partial charge in [-0.2, -0.15) is 0 Å². The molecule has 0 unspecified atom stereocenters. The summed E-state index contributed by atoms with van der Waals surface area (Å²) in [5, 5.41) is 12.1. The van der Waals surface area contributed by atoms with E-state index in [0.717, 1.165) is 66.1 Å². The maximum absolute atomic E-state index is 6.64. The Morgan fingerprint density at radius 2 is 0.516 bits per heavy atom. The van der Waals surface area contributed by atoms with Crippen LogP contribution < -0.4 is 0 Å². The fraction of sp³-hybridized carbons (Fsp3) is 0. The van der Waals surface area contributed by atoms with Gasteiger partial charge in [0.2, 0.25) is 0 Å². The zero-order chi connectivity index (χ0) is 40.5. The van der Waals surface area contributed by atoms with Crippen LogP contribution in [0.5, 0.6) is 0 Å². The minimum absolute atomic E-state index is 0.899. The van der Waals surface area contributed by atoms with Gasteiger partial charge in [0.15, 0.2) is 0 Å². The minimum Gasteiger partial charge on any atom is -0.455 e. The van der Waals surface area contributed by atoms with Crippen molar-refractivity contribution < 1.29 is 8.83 Å². The molecule has 0 fully saturated rings. The van der Waals surface area contributed by atoms with Gasteiger partial charge in [0.1, 0.15) is 22.3 Å². The molecule has 0 N–H and O–H groups in total. The fourth-order valence-corrected chi connectivity index (χ4v) is 10.6. The molecule has 0 bridgehead atoms. The summed E-state index contributed by atoms with van der Waals surface area (Å²) >= 11 is 0. The van der Waals surface area contributed by atoms with Crippen molar-refractivity contribution in [2.45, 2.75) is 0 Å². The highest BCUT2D eigenvalue weighted by atomic mass is 16.3. The van der Waals surface area contributed by atoms with Crippen molar-refractivity contribution in [2.24, 2.45) is 0 Å². The third kappa shape index (κ3) is 4.69. The Balaban J connectivity index is 1.10. The Labute approximate surface area is 356 Å². The van der Waals surface area contributed by atoms with Crippen molar-refractivity contribution in [1.82, 2.24) is 0 Å². The molecule has 11 aromatic carbocycles. The van der Waals surface area contributed by atoms with E-state index in [-0.39, 0.29) is 0 Å². The van der Waals surface area contributed by atoms with E-state index < -0.39 is 0 Å². The maximum Gasteiger partial charge on any atom is 0.143 e. The number of benzene rings is 11. The summed E-state index contributed by atoms with van der Waals surface area (Å²) in [5.41, 5.74) is 17.6. The molecule has 1 aliphatic rings. The highest BCUT2D eigenvalue weighted by Gasteiger charge is 2.26. The highest BCUT2D eigenvalue weighted by Crippen LogP contribution is 2.52. The molecule has 286 valence electrons. The van der Waals surface area contributed by atoms with Gasteiger partial charge in [0.05, 0.1) is 0 Å². The number of hydrogen-bond acceptors (Lipinski definition) is 2. The van der Waals surface area contributed by atoms with E-state index >= 15 is 0 Å². The first kappa shape index (κ1) is 33.6. The molecule has 0 radical (unpaired) electrons. The van der Waals surface area contributed by atoms with E-state index in [0.29, 0.717) is 0 Å². The molecule has 0 amide bonds. The van der Waals surface area contributed by atoms with Gasteiger partial charge in [0.25, 0.3) is 0 Å². The predicted molar refractivity (Wildman–Crippen MR) is 260 cm³/mol. The molecule has 0 saturated carbocycles. The van der Waals surface area contributed by atoms with E-state index in [1.165, 1.54) is 76.8 Å². The lowest BCUT2D eigenvalue weighted by Gasteiger charge is -2.25. The lowest BCUT2D eigenvalue weighted by atomic mass is 9.78. The van der Waals surface area contributed by atoms with Crippen molar-refractivity contribution in [2.75, 3.05) is 0 Å².